The summed E-state index contributed by atoms with van der Waals surface area (Å²) in [6, 6.07) is 0.521. The molecule has 0 spiro atoms. The number of ether oxygens (including phenoxy) is 1. The van der Waals surface area contributed by atoms with Crippen molar-refractivity contribution in [2.24, 2.45) is 0 Å². The second-order valence-corrected chi connectivity index (χ2v) is 5.56. The number of nitrogens with one attached hydrogen (secondary N) is 1. The van der Waals surface area contributed by atoms with E-state index in [2.05, 4.69) is 22.6 Å². The number of hydrogen-bond donors (Lipinski definition) is 1. The van der Waals surface area contributed by atoms with Crippen LogP contribution < -0.4 is 5.32 Å². The summed E-state index contributed by atoms with van der Waals surface area (Å²) < 4.78 is 6.01. The number of likely N-dealkylation sites (N-methyl/N-ethyl adjacent to an activating group) is 1. The highest BCUT2D eigenvalue weighted by Crippen LogP contribution is 2.22. The lowest BCUT2D eigenvalue weighted by atomic mass is 9.92. The predicted molar refractivity (Wildman–Crippen MR) is 71.4 cm³/mol. The van der Waals surface area contributed by atoms with E-state index in [1.54, 1.807) is 11.3 Å². The van der Waals surface area contributed by atoms with Gasteiger partial charge in [-0.15, -0.1) is 11.3 Å². The van der Waals surface area contributed by atoms with Crippen molar-refractivity contribution in [3.63, 3.8) is 0 Å². The number of aryl methyl sites for hydroxylation is 1. The van der Waals surface area contributed by atoms with Crippen LogP contribution in [0.3, 0.4) is 0 Å². The van der Waals surface area contributed by atoms with Gasteiger partial charge in [0.1, 0.15) is 0 Å². The summed E-state index contributed by atoms with van der Waals surface area (Å²) in [4.78, 5) is 4.54. The van der Waals surface area contributed by atoms with Crippen LogP contribution in [0.15, 0.2) is 5.38 Å². The molecule has 2 rings (SSSR count). The molecule has 1 aliphatic rings. The van der Waals surface area contributed by atoms with Gasteiger partial charge in [0.25, 0.3) is 0 Å². The lowest BCUT2D eigenvalue weighted by Gasteiger charge is -2.31. The zero-order chi connectivity index (χ0) is 12.1. The fourth-order valence-corrected chi connectivity index (χ4v) is 3.13. The first-order valence-electron chi connectivity index (χ1n) is 6.55. The van der Waals surface area contributed by atoms with E-state index in [1.807, 2.05) is 7.05 Å². The van der Waals surface area contributed by atoms with Gasteiger partial charge in [-0.25, -0.2) is 4.98 Å². The smallest absolute Gasteiger partial charge is 0.0926 e. The topological polar surface area (TPSA) is 34.1 Å². The van der Waals surface area contributed by atoms with Gasteiger partial charge in [-0.2, -0.15) is 0 Å². The molecule has 0 bridgehead atoms. The van der Waals surface area contributed by atoms with Crippen molar-refractivity contribution in [1.82, 2.24) is 10.3 Å². The minimum atomic E-state index is 0.362. The number of thiazole rings is 1. The maximum absolute atomic E-state index is 6.01. The van der Waals surface area contributed by atoms with E-state index in [1.165, 1.54) is 30.7 Å². The van der Waals surface area contributed by atoms with E-state index in [-0.39, 0.29) is 0 Å². The Morgan fingerprint density at radius 1 is 1.47 bits per heavy atom. The van der Waals surface area contributed by atoms with Crippen LogP contribution in [0.2, 0.25) is 0 Å². The Bertz CT molecular complexity index is 340. The molecule has 17 heavy (non-hydrogen) atoms. The quantitative estimate of drug-likeness (QED) is 0.877. The first kappa shape index (κ1) is 13.0. The monoisotopic (exact) mass is 254 g/mol. The van der Waals surface area contributed by atoms with Gasteiger partial charge in [0, 0.05) is 11.4 Å². The van der Waals surface area contributed by atoms with Crippen LogP contribution >= 0.6 is 11.3 Å². The molecule has 4 heteroatoms. The van der Waals surface area contributed by atoms with Crippen molar-refractivity contribution in [2.45, 2.75) is 57.8 Å². The van der Waals surface area contributed by atoms with Crippen molar-refractivity contribution < 1.29 is 4.74 Å². The van der Waals surface area contributed by atoms with E-state index in [4.69, 9.17) is 4.74 Å². The Hall–Kier alpha value is -0.450. The van der Waals surface area contributed by atoms with Crippen LogP contribution in [0.1, 0.15) is 43.3 Å². The molecule has 0 aromatic carbocycles. The molecule has 1 aliphatic carbocycles. The SMILES string of the molecule is CCc1nc(COC2CCCCC2NC)cs1. The van der Waals surface area contributed by atoms with Gasteiger partial charge in [-0.1, -0.05) is 19.8 Å². The highest BCUT2D eigenvalue weighted by Gasteiger charge is 2.24. The van der Waals surface area contributed by atoms with Crippen LogP contribution in [-0.4, -0.2) is 24.2 Å². The van der Waals surface area contributed by atoms with Crippen LogP contribution in [0, 0.1) is 0 Å². The first-order chi connectivity index (χ1) is 8.33. The van der Waals surface area contributed by atoms with Gasteiger partial charge in [0.2, 0.25) is 0 Å². The second kappa shape index (κ2) is 6.47. The number of nitrogens with zero attached hydrogens (tertiary/aromatic N) is 1. The summed E-state index contributed by atoms with van der Waals surface area (Å²) in [7, 11) is 2.03. The Morgan fingerprint density at radius 3 is 3.00 bits per heavy atom. The standard InChI is InChI=1S/C13H22N2OS/c1-3-13-15-10(9-17-13)8-16-12-7-5-4-6-11(12)14-2/h9,11-12,14H,3-8H2,1-2H3. The zero-order valence-electron chi connectivity index (χ0n) is 10.7. The third-order valence-corrected chi connectivity index (χ3v) is 4.46. The lowest BCUT2D eigenvalue weighted by molar-refractivity contribution is -0.00485. The van der Waals surface area contributed by atoms with Gasteiger partial charge in [0.05, 0.1) is 23.4 Å². The Balaban J connectivity index is 1.83. The molecule has 1 aromatic rings. The van der Waals surface area contributed by atoms with Crippen molar-refractivity contribution in [3.05, 3.63) is 16.1 Å². The largest absolute Gasteiger partial charge is 0.370 e. The highest BCUT2D eigenvalue weighted by atomic mass is 32.1. The van der Waals surface area contributed by atoms with Gasteiger partial charge in [0.15, 0.2) is 0 Å². The molecule has 0 amide bonds. The van der Waals surface area contributed by atoms with E-state index in [0.717, 1.165) is 12.1 Å². The maximum Gasteiger partial charge on any atom is 0.0926 e. The zero-order valence-corrected chi connectivity index (χ0v) is 11.6. The molecule has 3 nitrogen and oxygen atoms in total. The molecule has 1 saturated carbocycles. The highest BCUT2D eigenvalue weighted by molar-refractivity contribution is 7.09. The molecule has 2 atom stereocenters. The summed E-state index contributed by atoms with van der Waals surface area (Å²) in [5, 5.41) is 6.69. The molecule has 1 fully saturated rings. The maximum atomic E-state index is 6.01. The summed E-state index contributed by atoms with van der Waals surface area (Å²) >= 11 is 1.74. The molecule has 1 N–H and O–H groups in total. The van der Waals surface area contributed by atoms with Gasteiger partial charge in [-0.3, -0.25) is 0 Å². The summed E-state index contributed by atoms with van der Waals surface area (Å²) in [5.74, 6) is 0. The molecular weight excluding hydrogens is 232 g/mol. The van der Waals surface area contributed by atoms with Crippen LogP contribution in [0.25, 0.3) is 0 Å². The molecule has 0 saturated heterocycles. The first-order valence-corrected chi connectivity index (χ1v) is 7.43. The molecule has 0 aliphatic heterocycles. The van der Waals surface area contributed by atoms with E-state index >= 15 is 0 Å². The van der Waals surface area contributed by atoms with Crippen molar-refractivity contribution in [3.8, 4) is 0 Å². The predicted octanol–water partition coefficient (Wildman–Crippen LogP) is 2.75. The van der Waals surface area contributed by atoms with Gasteiger partial charge in [-0.05, 0) is 26.3 Å². The lowest BCUT2D eigenvalue weighted by Crippen LogP contribution is -2.41. The second-order valence-electron chi connectivity index (χ2n) is 4.62. The summed E-state index contributed by atoms with van der Waals surface area (Å²) in [6.45, 7) is 2.81. The molecule has 2 unspecified atom stereocenters. The minimum absolute atomic E-state index is 0.362. The average Bonchev–Trinajstić information content (AvgIpc) is 2.84. The van der Waals surface area contributed by atoms with Crippen molar-refractivity contribution in [1.29, 1.82) is 0 Å². The summed E-state index contributed by atoms with van der Waals surface area (Å²) in [5.41, 5.74) is 1.09. The third-order valence-electron chi connectivity index (χ3n) is 3.42. The van der Waals surface area contributed by atoms with Gasteiger partial charge >= 0.3 is 0 Å². The minimum Gasteiger partial charge on any atom is -0.370 e. The van der Waals surface area contributed by atoms with Gasteiger partial charge < -0.3 is 10.1 Å². The number of rotatable bonds is 5. The van der Waals surface area contributed by atoms with Crippen LogP contribution in [-0.2, 0) is 17.8 Å². The normalized spacial score (nSPS) is 25.1. The fraction of sp³-hybridized carbons (Fsp3) is 0.769. The molecule has 96 valence electrons. The Labute approximate surface area is 108 Å². The number of aromatic nitrogens is 1. The Kier molecular flexibility index (Phi) is 4.95. The van der Waals surface area contributed by atoms with E-state index in [9.17, 15) is 0 Å². The third kappa shape index (κ3) is 3.50. The van der Waals surface area contributed by atoms with Crippen LogP contribution in [0.5, 0.6) is 0 Å². The molecular formula is C13H22N2OS. The average molecular weight is 254 g/mol. The van der Waals surface area contributed by atoms with Crippen LogP contribution in [0.4, 0.5) is 0 Å². The Morgan fingerprint density at radius 2 is 2.29 bits per heavy atom. The fourth-order valence-electron chi connectivity index (χ4n) is 2.40. The summed E-state index contributed by atoms with van der Waals surface area (Å²) in [6.07, 6.45) is 6.41. The molecule has 1 heterocycles. The van der Waals surface area contributed by atoms with Crippen molar-refractivity contribution in [2.75, 3.05) is 7.05 Å². The van der Waals surface area contributed by atoms with E-state index < -0.39 is 0 Å². The molecule has 0 radical (unpaired) electrons. The van der Waals surface area contributed by atoms with Crippen molar-refractivity contribution >= 4 is 11.3 Å². The van der Waals surface area contributed by atoms with E-state index in [0.29, 0.717) is 18.8 Å². The molecule has 1 aromatic heterocycles. The number of hydrogen-bond acceptors (Lipinski definition) is 4.